The van der Waals surface area contributed by atoms with E-state index in [1.165, 1.54) is 0 Å². The molecule has 1 aliphatic carbocycles. The lowest BCUT2D eigenvalue weighted by atomic mass is 9.74. The molecule has 2 aliphatic heterocycles. The quantitative estimate of drug-likeness (QED) is 0.658. The first-order valence-electron chi connectivity index (χ1n) is 4.53. The van der Waals surface area contributed by atoms with E-state index in [0.29, 0.717) is 6.42 Å². The molecular formula is C9H14N2O. The first-order valence-corrected chi connectivity index (χ1v) is 4.53. The van der Waals surface area contributed by atoms with Crippen LogP contribution < -0.4 is 0 Å². The van der Waals surface area contributed by atoms with Crippen LogP contribution in [0.25, 0.3) is 0 Å². The van der Waals surface area contributed by atoms with Crippen LogP contribution in [0.3, 0.4) is 0 Å². The van der Waals surface area contributed by atoms with Crippen molar-refractivity contribution >= 4 is 0 Å². The Kier molecular flexibility index (Phi) is 1.82. The van der Waals surface area contributed by atoms with Crippen LogP contribution >= 0.6 is 0 Å². The SMILES string of the molecule is N#CCCN1CC2CC1(CO)C2. The minimum Gasteiger partial charge on any atom is -0.394 e. The Hall–Kier alpha value is -0.590. The first-order chi connectivity index (χ1) is 5.80. The molecule has 3 rings (SSSR count). The fourth-order valence-electron chi connectivity index (χ4n) is 2.65. The van der Waals surface area contributed by atoms with Crippen LogP contribution in [0.5, 0.6) is 0 Å². The molecule has 2 heterocycles. The lowest BCUT2D eigenvalue weighted by molar-refractivity contribution is 0.0389. The molecule has 1 saturated carbocycles. The van der Waals surface area contributed by atoms with E-state index in [-0.39, 0.29) is 12.1 Å². The van der Waals surface area contributed by atoms with Gasteiger partial charge in [0.15, 0.2) is 0 Å². The summed E-state index contributed by atoms with van der Waals surface area (Å²) in [7, 11) is 0. The smallest absolute Gasteiger partial charge is 0.0635 e. The Morgan fingerprint density at radius 2 is 2.33 bits per heavy atom. The molecule has 2 bridgehead atoms. The van der Waals surface area contributed by atoms with Gasteiger partial charge in [-0.25, -0.2) is 0 Å². The maximum atomic E-state index is 9.21. The maximum Gasteiger partial charge on any atom is 0.0635 e. The Balaban J connectivity index is 1.95. The fraction of sp³-hybridized carbons (Fsp3) is 0.889. The Bertz CT molecular complexity index is 215. The van der Waals surface area contributed by atoms with Crippen molar-refractivity contribution in [3.05, 3.63) is 0 Å². The van der Waals surface area contributed by atoms with E-state index in [1.807, 2.05) is 0 Å². The van der Waals surface area contributed by atoms with Gasteiger partial charge in [-0.15, -0.1) is 0 Å². The molecule has 12 heavy (non-hydrogen) atoms. The number of aliphatic hydroxyl groups is 1. The zero-order valence-electron chi connectivity index (χ0n) is 7.16. The zero-order chi connectivity index (χ0) is 8.60. The van der Waals surface area contributed by atoms with Crippen molar-refractivity contribution in [3.8, 4) is 6.07 Å². The number of hydrogen-bond acceptors (Lipinski definition) is 3. The second-order valence-corrected chi connectivity index (χ2v) is 4.01. The monoisotopic (exact) mass is 166 g/mol. The van der Waals surface area contributed by atoms with Crippen molar-refractivity contribution in [2.75, 3.05) is 19.7 Å². The molecule has 3 fully saturated rings. The third-order valence-corrected chi connectivity index (χ3v) is 3.27. The summed E-state index contributed by atoms with van der Waals surface area (Å²) in [5.74, 6) is 0.802. The van der Waals surface area contributed by atoms with Gasteiger partial charge in [-0.05, 0) is 18.8 Å². The summed E-state index contributed by atoms with van der Waals surface area (Å²) in [6.45, 7) is 2.21. The summed E-state index contributed by atoms with van der Waals surface area (Å²) < 4.78 is 0. The molecule has 0 unspecified atom stereocenters. The van der Waals surface area contributed by atoms with Crippen molar-refractivity contribution in [2.24, 2.45) is 5.92 Å². The van der Waals surface area contributed by atoms with E-state index in [1.54, 1.807) is 0 Å². The molecule has 1 N–H and O–H groups in total. The van der Waals surface area contributed by atoms with Crippen LogP contribution in [0.2, 0.25) is 0 Å². The lowest BCUT2D eigenvalue weighted by Gasteiger charge is -2.40. The molecule has 0 aromatic heterocycles. The van der Waals surface area contributed by atoms with Crippen LogP contribution in [-0.2, 0) is 0 Å². The van der Waals surface area contributed by atoms with Crippen molar-refractivity contribution in [1.82, 2.24) is 4.90 Å². The minimum atomic E-state index is 0.0848. The average molecular weight is 166 g/mol. The van der Waals surface area contributed by atoms with Gasteiger partial charge in [-0.2, -0.15) is 5.26 Å². The van der Waals surface area contributed by atoms with Gasteiger partial charge in [0.1, 0.15) is 0 Å². The highest BCUT2D eigenvalue weighted by Crippen LogP contribution is 2.49. The number of hydrogen-bond donors (Lipinski definition) is 1. The highest BCUT2D eigenvalue weighted by atomic mass is 16.3. The second kappa shape index (κ2) is 2.72. The Morgan fingerprint density at radius 1 is 1.58 bits per heavy atom. The summed E-state index contributed by atoms with van der Waals surface area (Å²) in [6.07, 6.45) is 2.89. The van der Waals surface area contributed by atoms with Crippen molar-refractivity contribution in [3.63, 3.8) is 0 Å². The molecule has 0 amide bonds. The molecule has 3 aliphatic rings. The summed E-state index contributed by atoms with van der Waals surface area (Å²) >= 11 is 0. The second-order valence-electron chi connectivity index (χ2n) is 4.01. The van der Waals surface area contributed by atoms with E-state index in [9.17, 15) is 5.11 Å². The van der Waals surface area contributed by atoms with Gasteiger partial charge < -0.3 is 5.11 Å². The fourth-order valence-corrected chi connectivity index (χ4v) is 2.65. The molecule has 3 nitrogen and oxygen atoms in total. The van der Waals surface area contributed by atoms with E-state index >= 15 is 0 Å². The number of aliphatic hydroxyl groups excluding tert-OH is 1. The lowest BCUT2D eigenvalue weighted by Crippen LogP contribution is -2.49. The largest absolute Gasteiger partial charge is 0.394 e. The molecule has 0 aromatic rings. The van der Waals surface area contributed by atoms with Crippen LogP contribution in [0.15, 0.2) is 0 Å². The Morgan fingerprint density at radius 3 is 2.92 bits per heavy atom. The maximum absolute atomic E-state index is 9.21. The minimum absolute atomic E-state index is 0.0848. The molecule has 2 saturated heterocycles. The van der Waals surface area contributed by atoms with E-state index < -0.39 is 0 Å². The predicted molar refractivity (Wildman–Crippen MR) is 44.3 cm³/mol. The predicted octanol–water partition coefficient (Wildman–Crippen LogP) is 0.357. The summed E-state index contributed by atoms with van der Waals surface area (Å²) in [5.41, 5.74) is 0.0848. The van der Waals surface area contributed by atoms with Gasteiger partial charge in [0.05, 0.1) is 12.7 Å². The van der Waals surface area contributed by atoms with Crippen LogP contribution in [-0.4, -0.2) is 35.2 Å². The van der Waals surface area contributed by atoms with Gasteiger partial charge in [-0.1, -0.05) is 0 Å². The molecule has 0 spiro atoms. The summed E-state index contributed by atoms with van der Waals surface area (Å²) in [4.78, 5) is 2.29. The number of nitrogens with zero attached hydrogens (tertiary/aromatic N) is 2. The Labute approximate surface area is 72.6 Å². The summed E-state index contributed by atoms with van der Waals surface area (Å²) in [5, 5.41) is 17.7. The number of nitriles is 1. The molecule has 3 heteroatoms. The van der Waals surface area contributed by atoms with E-state index in [2.05, 4.69) is 11.0 Å². The van der Waals surface area contributed by atoms with E-state index in [0.717, 1.165) is 31.8 Å². The molecule has 0 radical (unpaired) electrons. The molecule has 66 valence electrons. The van der Waals surface area contributed by atoms with Gasteiger partial charge in [0.25, 0.3) is 0 Å². The first kappa shape index (κ1) is 8.03. The van der Waals surface area contributed by atoms with Crippen molar-refractivity contribution in [1.29, 1.82) is 5.26 Å². The normalized spacial score (nSPS) is 39.2. The van der Waals surface area contributed by atoms with Gasteiger partial charge >= 0.3 is 0 Å². The summed E-state index contributed by atoms with van der Waals surface area (Å²) in [6, 6.07) is 2.15. The zero-order valence-corrected chi connectivity index (χ0v) is 7.16. The highest BCUT2D eigenvalue weighted by Gasteiger charge is 2.54. The van der Waals surface area contributed by atoms with Crippen LogP contribution in [0.1, 0.15) is 19.3 Å². The third kappa shape index (κ3) is 0.954. The van der Waals surface area contributed by atoms with Crippen molar-refractivity contribution in [2.45, 2.75) is 24.8 Å². The van der Waals surface area contributed by atoms with Crippen LogP contribution in [0, 0.1) is 17.2 Å². The van der Waals surface area contributed by atoms with Gasteiger partial charge in [-0.3, -0.25) is 4.90 Å². The van der Waals surface area contributed by atoms with E-state index in [4.69, 9.17) is 5.26 Å². The van der Waals surface area contributed by atoms with Crippen LogP contribution in [0.4, 0.5) is 0 Å². The topological polar surface area (TPSA) is 47.3 Å². The van der Waals surface area contributed by atoms with Gasteiger partial charge in [0, 0.05) is 25.0 Å². The average Bonchev–Trinajstić information content (AvgIpc) is 2.52. The van der Waals surface area contributed by atoms with Crippen molar-refractivity contribution < 1.29 is 5.11 Å². The molecule has 0 atom stereocenters. The highest BCUT2D eigenvalue weighted by molar-refractivity contribution is 5.10. The standard InChI is InChI=1S/C9H14N2O/c10-2-1-3-11-6-8-4-9(11,5-8)7-12/h8,12H,1,3-7H2. The molecule has 0 aromatic carbocycles. The number of fused-ring (bicyclic) bond motifs is 1. The molecular weight excluding hydrogens is 152 g/mol. The third-order valence-electron chi connectivity index (χ3n) is 3.27. The van der Waals surface area contributed by atoms with Gasteiger partial charge in [0.2, 0.25) is 0 Å². The number of rotatable bonds is 3.